The van der Waals surface area contributed by atoms with E-state index in [1.807, 2.05) is 59.5 Å². The van der Waals surface area contributed by atoms with Crippen LogP contribution in [0.2, 0.25) is 0 Å². The van der Waals surface area contributed by atoms with E-state index < -0.39 is 0 Å². The zero-order valence-electron chi connectivity index (χ0n) is 19.7. The SMILES string of the molecule is CCN1CCn2c(-c3cnn(C)c3)cnc2C12CCN(C(=O)Cc1ccc(OC)cc1)CC2. The first kappa shape index (κ1) is 21.7. The van der Waals surface area contributed by atoms with Crippen molar-refractivity contribution in [3.05, 3.63) is 54.2 Å². The fourth-order valence-corrected chi connectivity index (χ4v) is 5.49. The van der Waals surface area contributed by atoms with Crippen molar-refractivity contribution >= 4 is 5.91 Å². The molecule has 1 fully saturated rings. The van der Waals surface area contributed by atoms with Crippen molar-refractivity contribution in [2.24, 2.45) is 7.05 Å². The summed E-state index contributed by atoms with van der Waals surface area (Å²) in [5.41, 5.74) is 3.13. The van der Waals surface area contributed by atoms with Crippen molar-refractivity contribution < 1.29 is 9.53 Å². The summed E-state index contributed by atoms with van der Waals surface area (Å²) in [6.07, 6.45) is 8.17. The van der Waals surface area contributed by atoms with Crippen LogP contribution in [0.3, 0.4) is 0 Å². The van der Waals surface area contributed by atoms with E-state index in [-0.39, 0.29) is 11.4 Å². The summed E-state index contributed by atoms with van der Waals surface area (Å²) in [5.74, 6) is 2.13. The van der Waals surface area contributed by atoms with Gasteiger partial charge in [0.05, 0.1) is 37.2 Å². The van der Waals surface area contributed by atoms with E-state index >= 15 is 0 Å². The number of amides is 1. The van der Waals surface area contributed by atoms with Crippen LogP contribution in [-0.2, 0) is 30.3 Å². The quantitative estimate of drug-likeness (QED) is 0.600. The van der Waals surface area contributed by atoms with E-state index in [0.717, 1.165) is 74.0 Å². The van der Waals surface area contributed by atoms with Crippen LogP contribution in [0.5, 0.6) is 5.75 Å². The second-order valence-corrected chi connectivity index (χ2v) is 9.04. The molecule has 1 saturated heterocycles. The van der Waals surface area contributed by atoms with Crippen LogP contribution in [0.25, 0.3) is 11.3 Å². The van der Waals surface area contributed by atoms with E-state index in [4.69, 9.17) is 9.72 Å². The van der Waals surface area contributed by atoms with Crippen LogP contribution >= 0.6 is 0 Å². The van der Waals surface area contributed by atoms with Crippen LogP contribution in [0, 0.1) is 0 Å². The molecule has 0 radical (unpaired) electrons. The van der Waals surface area contributed by atoms with E-state index in [1.54, 1.807) is 7.11 Å². The summed E-state index contributed by atoms with van der Waals surface area (Å²) in [6.45, 7) is 6.63. The molecule has 174 valence electrons. The lowest BCUT2D eigenvalue weighted by atomic mass is 9.83. The van der Waals surface area contributed by atoms with Gasteiger partial charge >= 0.3 is 0 Å². The monoisotopic (exact) mass is 448 g/mol. The van der Waals surface area contributed by atoms with Gasteiger partial charge in [0.2, 0.25) is 5.91 Å². The number of methoxy groups -OCH3 is 1. The van der Waals surface area contributed by atoms with Crippen molar-refractivity contribution in [2.45, 2.75) is 38.3 Å². The first-order valence-corrected chi connectivity index (χ1v) is 11.7. The molecular weight excluding hydrogens is 416 g/mol. The molecule has 3 aromatic rings. The average molecular weight is 449 g/mol. The Morgan fingerprint density at radius 3 is 2.48 bits per heavy atom. The summed E-state index contributed by atoms with van der Waals surface area (Å²) in [6, 6.07) is 7.76. The minimum atomic E-state index is -0.121. The Morgan fingerprint density at radius 1 is 1.09 bits per heavy atom. The van der Waals surface area contributed by atoms with Crippen LogP contribution in [-0.4, -0.2) is 68.3 Å². The maximum atomic E-state index is 13.0. The summed E-state index contributed by atoms with van der Waals surface area (Å²) in [4.78, 5) is 22.6. The summed E-state index contributed by atoms with van der Waals surface area (Å²) in [7, 11) is 3.59. The zero-order valence-corrected chi connectivity index (χ0v) is 19.7. The first-order valence-electron chi connectivity index (χ1n) is 11.7. The standard InChI is InChI=1S/C25H32N6O2/c1-4-30-13-14-31-22(20-16-27-28(2)18-20)17-26-24(31)25(30)9-11-29(12-10-25)23(32)15-19-5-7-21(33-3)8-6-19/h5-8,16-18H,4,9-15H2,1-3H3. The van der Waals surface area contributed by atoms with Crippen LogP contribution < -0.4 is 4.74 Å². The van der Waals surface area contributed by atoms with Crippen molar-refractivity contribution in [2.75, 3.05) is 33.3 Å². The van der Waals surface area contributed by atoms with Gasteiger partial charge in [-0.2, -0.15) is 5.10 Å². The Hall–Kier alpha value is -3.13. The van der Waals surface area contributed by atoms with Gasteiger partial charge in [-0.15, -0.1) is 0 Å². The highest BCUT2D eigenvalue weighted by Gasteiger charge is 2.47. The van der Waals surface area contributed by atoms with Gasteiger partial charge in [0.1, 0.15) is 11.6 Å². The number of piperidine rings is 1. The van der Waals surface area contributed by atoms with Gasteiger partial charge in [0.25, 0.3) is 0 Å². The molecule has 2 aliphatic heterocycles. The number of rotatable bonds is 5. The van der Waals surface area contributed by atoms with Crippen molar-refractivity contribution in [1.29, 1.82) is 0 Å². The molecule has 5 rings (SSSR count). The van der Waals surface area contributed by atoms with Gasteiger partial charge in [0, 0.05) is 45.0 Å². The first-order chi connectivity index (χ1) is 16.0. The molecule has 0 bridgehead atoms. The molecular formula is C25H32N6O2. The number of carbonyl (C=O) groups excluding carboxylic acids is 1. The number of nitrogens with zero attached hydrogens (tertiary/aromatic N) is 6. The second-order valence-electron chi connectivity index (χ2n) is 9.04. The molecule has 1 amide bonds. The predicted octanol–water partition coefficient (Wildman–Crippen LogP) is 2.69. The lowest BCUT2D eigenvalue weighted by Crippen LogP contribution is -2.58. The summed E-state index contributed by atoms with van der Waals surface area (Å²) >= 11 is 0. The van der Waals surface area contributed by atoms with E-state index in [1.165, 1.54) is 0 Å². The highest BCUT2D eigenvalue weighted by atomic mass is 16.5. The van der Waals surface area contributed by atoms with Crippen LogP contribution in [0.15, 0.2) is 42.9 Å². The van der Waals surface area contributed by atoms with Gasteiger partial charge in [-0.05, 0) is 37.1 Å². The Morgan fingerprint density at radius 2 is 1.85 bits per heavy atom. The summed E-state index contributed by atoms with van der Waals surface area (Å²) < 4.78 is 9.43. The molecule has 0 N–H and O–H groups in total. The highest BCUT2D eigenvalue weighted by Crippen LogP contribution is 2.42. The minimum absolute atomic E-state index is 0.121. The number of benzene rings is 1. The number of aromatic nitrogens is 4. The van der Waals surface area contributed by atoms with Gasteiger partial charge in [-0.25, -0.2) is 4.98 Å². The highest BCUT2D eigenvalue weighted by molar-refractivity contribution is 5.79. The number of likely N-dealkylation sites (tertiary alicyclic amines) is 1. The Kier molecular flexibility index (Phi) is 5.70. The normalized spacial score (nSPS) is 17.8. The van der Waals surface area contributed by atoms with E-state index in [2.05, 4.69) is 21.5 Å². The molecule has 8 nitrogen and oxygen atoms in total. The Bertz CT molecular complexity index is 1120. The molecule has 1 aromatic carbocycles. The number of aryl methyl sites for hydroxylation is 1. The number of hydrogen-bond donors (Lipinski definition) is 0. The van der Waals surface area contributed by atoms with Gasteiger partial charge in [-0.3, -0.25) is 14.4 Å². The maximum absolute atomic E-state index is 13.0. The maximum Gasteiger partial charge on any atom is 0.226 e. The molecule has 0 unspecified atom stereocenters. The molecule has 4 heterocycles. The fraction of sp³-hybridized carbons (Fsp3) is 0.480. The molecule has 1 spiro atoms. The van der Waals surface area contributed by atoms with Crippen molar-refractivity contribution in [3.63, 3.8) is 0 Å². The van der Waals surface area contributed by atoms with Gasteiger partial charge in [-0.1, -0.05) is 19.1 Å². The molecule has 2 aliphatic rings. The molecule has 0 saturated carbocycles. The number of ether oxygens (including phenoxy) is 1. The largest absolute Gasteiger partial charge is 0.497 e. The zero-order chi connectivity index (χ0) is 23.0. The lowest BCUT2D eigenvalue weighted by molar-refractivity contribution is -0.134. The van der Waals surface area contributed by atoms with Gasteiger partial charge in [0.15, 0.2) is 0 Å². The van der Waals surface area contributed by atoms with E-state index in [9.17, 15) is 4.79 Å². The number of carbonyl (C=O) groups is 1. The fourth-order valence-electron chi connectivity index (χ4n) is 5.49. The van der Waals surface area contributed by atoms with E-state index in [0.29, 0.717) is 6.42 Å². The van der Waals surface area contributed by atoms with Crippen LogP contribution in [0.4, 0.5) is 0 Å². The molecule has 2 aromatic heterocycles. The molecule has 0 atom stereocenters. The predicted molar refractivity (Wildman–Crippen MR) is 126 cm³/mol. The third kappa shape index (κ3) is 3.82. The van der Waals surface area contributed by atoms with Crippen molar-refractivity contribution in [1.82, 2.24) is 29.1 Å². The third-order valence-electron chi connectivity index (χ3n) is 7.31. The number of hydrogen-bond acceptors (Lipinski definition) is 5. The average Bonchev–Trinajstić information content (AvgIpc) is 3.47. The van der Waals surface area contributed by atoms with Crippen LogP contribution in [0.1, 0.15) is 31.2 Å². The Labute approximate surface area is 194 Å². The Balaban J connectivity index is 1.34. The number of fused-ring (bicyclic) bond motifs is 2. The van der Waals surface area contributed by atoms with Crippen molar-refractivity contribution in [3.8, 4) is 17.0 Å². The number of imidazole rings is 1. The topological polar surface area (TPSA) is 68.4 Å². The lowest BCUT2D eigenvalue weighted by Gasteiger charge is -2.50. The third-order valence-corrected chi connectivity index (χ3v) is 7.31. The molecule has 0 aliphatic carbocycles. The molecule has 8 heteroatoms. The van der Waals surface area contributed by atoms with Gasteiger partial charge < -0.3 is 14.2 Å². The molecule has 33 heavy (non-hydrogen) atoms. The smallest absolute Gasteiger partial charge is 0.226 e. The number of likely N-dealkylation sites (N-methyl/N-ethyl adjacent to an activating group) is 1. The second kappa shape index (κ2) is 8.67. The summed E-state index contributed by atoms with van der Waals surface area (Å²) in [5, 5.41) is 4.34. The minimum Gasteiger partial charge on any atom is -0.497 e.